The maximum atomic E-state index is 12.3. The number of carbonyl (C=O) groups is 2. The lowest BCUT2D eigenvalue weighted by Crippen LogP contribution is -2.22. The number of hydrogen-bond acceptors (Lipinski definition) is 5. The van der Waals surface area contributed by atoms with E-state index in [1.807, 2.05) is 30.3 Å². The van der Waals surface area contributed by atoms with Crippen molar-refractivity contribution in [1.82, 2.24) is 10.6 Å². The molecular formula is C31H24N4O4. The second-order valence-electron chi connectivity index (χ2n) is 8.41. The van der Waals surface area contributed by atoms with Crippen LogP contribution in [0.1, 0.15) is 37.4 Å². The molecule has 0 unspecified atom stereocenters. The van der Waals surface area contributed by atoms with Crippen molar-refractivity contribution >= 4 is 17.5 Å². The fourth-order valence-electron chi connectivity index (χ4n) is 3.55. The van der Waals surface area contributed by atoms with Gasteiger partial charge in [-0.15, -0.1) is 0 Å². The molecule has 2 N–H and O–H groups in total. The molecule has 8 nitrogen and oxygen atoms in total. The van der Waals surface area contributed by atoms with E-state index in [9.17, 15) is 9.59 Å². The normalized spacial score (nSPS) is 10.0. The molecule has 0 aliphatic heterocycles. The Labute approximate surface area is 226 Å². The lowest BCUT2D eigenvalue weighted by atomic mass is 10.1. The van der Waals surface area contributed by atoms with Gasteiger partial charge in [-0.05, 0) is 65.7 Å². The number of hydrogen-bond donors (Lipinski definition) is 2. The van der Waals surface area contributed by atoms with Gasteiger partial charge in [0.2, 0.25) is 12.7 Å². The summed E-state index contributed by atoms with van der Waals surface area (Å²) in [6.45, 7) is 7.78. The van der Waals surface area contributed by atoms with Crippen LogP contribution in [-0.2, 0) is 13.1 Å². The second kappa shape index (κ2) is 13.1. The highest BCUT2D eigenvalue weighted by molar-refractivity contribution is 5.95. The summed E-state index contributed by atoms with van der Waals surface area (Å²) in [5.74, 6) is 0.790. The van der Waals surface area contributed by atoms with Crippen molar-refractivity contribution in [3.63, 3.8) is 0 Å². The molecule has 0 aliphatic rings. The van der Waals surface area contributed by atoms with Crippen LogP contribution in [0.5, 0.6) is 11.5 Å². The van der Waals surface area contributed by atoms with Gasteiger partial charge in [-0.3, -0.25) is 9.59 Å². The Balaban J connectivity index is 1.17. The van der Waals surface area contributed by atoms with Crippen LogP contribution in [0.2, 0.25) is 0 Å². The van der Waals surface area contributed by atoms with Crippen molar-refractivity contribution in [1.29, 1.82) is 5.26 Å². The number of nitriles is 1. The molecule has 0 bridgehead atoms. The van der Waals surface area contributed by atoms with Crippen molar-refractivity contribution in [3.05, 3.63) is 136 Å². The fourth-order valence-corrected chi connectivity index (χ4v) is 3.55. The van der Waals surface area contributed by atoms with Gasteiger partial charge in [-0.25, -0.2) is 4.85 Å². The van der Waals surface area contributed by atoms with Gasteiger partial charge in [0.1, 0.15) is 11.5 Å². The van der Waals surface area contributed by atoms with E-state index in [1.165, 1.54) is 0 Å². The highest BCUT2D eigenvalue weighted by Crippen LogP contribution is 2.16. The van der Waals surface area contributed by atoms with Gasteiger partial charge >= 0.3 is 0 Å². The monoisotopic (exact) mass is 516 g/mol. The molecule has 0 aliphatic carbocycles. The molecule has 2 amide bonds. The average Bonchev–Trinajstić information content (AvgIpc) is 3.00. The quantitative estimate of drug-likeness (QED) is 0.217. The van der Waals surface area contributed by atoms with Crippen molar-refractivity contribution in [2.45, 2.75) is 13.1 Å². The Morgan fingerprint density at radius 1 is 0.744 bits per heavy atom. The number of carbonyl (C=O) groups excluding carboxylic acids is 2. The molecule has 8 heteroatoms. The van der Waals surface area contributed by atoms with E-state index in [1.54, 1.807) is 72.8 Å². The number of nitrogens with zero attached hydrogens (tertiary/aromatic N) is 2. The van der Waals surface area contributed by atoms with Crippen molar-refractivity contribution in [3.8, 4) is 17.6 Å². The summed E-state index contributed by atoms with van der Waals surface area (Å²) in [4.78, 5) is 27.9. The van der Waals surface area contributed by atoms with Gasteiger partial charge in [0.25, 0.3) is 5.91 Å². The van der Waals surface area contributed by atoms with Crippen LogP contribution < -0.4 is 20.1 Å². The van der Waals surface area contributed by atoms with Crippen LogP contribution in [-0.4, -0.2) is 18.6 Å². The van der Waals surface area contributed by atoms with Crippen molar-refractivity contribution < 1.29 is 19.1 Å². The van der Waals surface area contributed by atoms with E-state index in [0.717, 1.165) is 11.1 Å². The maximum absolute atomic E-state index is 12.3. The van der Waals surface area contributed by atoms with Gasteiger partial charge in [0, 0.05) is 24.2 Å². The first kappa shape index (κ1) is 26.5. The Hall–Kier alpha value is -5.60. The van der Waals surface area contributed by atoms with E-state index in [4.69, 9.17) is 21.3 Å². The smallest absolute Gasteiger partial charge is 0.251 e. The molecule has 4 aromatic rings. The minimum atomic E-state index is -0.242. The highest BCUT2D eigenvalue weighted by Gasteiger charge is 2.07. The van der Waals surface area contributed by atoms with E-state index in [2.05, 4.69) is 15.5 Å². The molecule has 0 spiro atoms. The summed E-state index contributed by atoms with van der Waals surface area (Å²) in [5, 5.41) is 14.5. The first-order valence-corrected chi connectivity index (χ1v) is 12.0. The molecule has 0 fully saturated rings. The summed E-state index contributed by atoms with van der Waals surface area (Å²) >= 11 is 0. The molecule has 0 saturated heterocycles. The summed E-state index contributed by atoms with van der Waals surface area (Å²) in [5.41, 5.74) is 3.68. The van der Waals surface area contributed by atoms with Gasteiger partial charge < -0.3 is 20.1 Å². The molecule has 0 heterocycles. The second-order valence-corrected chi connectivity index (χ2v) is 8.41. The summed E-state index contributed by atoms with van der Waals surface area (Å²) < 4.78 is 11.3. The molecule has 0 saturated carbocycles. The highest BCUT2D eigenvalue weighted by atomic mass is 16.7. The van der Waals surface area contributed by atoms with E-state index in [-0.39, 0.29) is 18.6 Å². The summed E-state index contributed by atoms with van der Waals surface area (Å²) in [6.07, 6.45) is 0. The Bertz CT molecular complexity index is 1520. The topological polar surface area (TPSA) is 105 Å². The third-order valence-corrected chi connectivity index (χ3v) is 5.72. The fraction of sp³-hybridized carbons (Fsp3) is 0.0968. The largest absolute Gasteiger partial charge is 0.458 e. The van der Waals surface area contributed by atoms with Gasteiger partial charge in [-0.2, -0.15) is 5.26 Å². The van der Waals surface area contributed by atoms with Crippen LogP contribution in [0.3, 0.4) is 0 Å². The predicted molar refractivity (Wildman–Crippen MR) is 145 cm³/mol. The van der Waals surface area contributed by atoms with Crippen LogP contribution >= 0.6 is 0 Å². The first-order valence-electron chi connectivity index (χ1n) is 12.0. The number of ether oxygens (including phenoxy) is 2. The van der Waals surface area contributed by atoms with Gasteiger partial charge in [0.15, 0.2) is 5.69 Å². The molecule has 39 heavy (non-hydrogen) atoms. The average molecular weight is 517 g/mol. The number of rotatable bonds is 10. The van der Waals surface area contributed by atoms with Crippen LogP contribution in [0.4, 0.5) is 5.69 Å². The maximum Gasteiger partial charge on any atom is 0.251 e. The zero-order valence-corrected chi connectivity index (χ0v) is 20.9. The van der Waals surface area contributed by atoms with Gasteiger partial charge in [0.05, 0.1) is 18.2 Å². The van der Waals surface area contributed by atoms with E-state index >= 15 is 0 Å². The zero-order valence-electron chi connectivity index (χ0n) is 20.9. The lowest BCUT2D eigenvalue weighted by molar-refractivity contribution is 0.0943. The van der Waals surface area contributed by atoms with E-state index < -0.39 is 0 Å². The molecular weight excluding hydrogens is 492 g/mol. The number of nitrogens with one attached hydrogen (secondary N) is 2. The Kier molecular flexibility index (Phi) is 8.88. The third kappa shape index (κ3) is 7.69. The zero-order chi connectivity index (χ0) is 27.5. The molecule has 0 atom stereocenters. The summed E-state index contributed by atoms with van der Waals surface area (Å²) in [6, 6.07) is 29.7. The van der Waals surface area contributed by atoms with Crippen LogP contribution in [0, 0.1) is 17.9 Å². The first-order chi connectivity index (χ1) is 19.0. The molecule has 0 radical (unpaired) electrons. The predicted octanol–water partition coefficient (Wildman–Crippen LogP) is 5.38. The Morgan fingerprint density at radius 3 is 1.79 bits per heavy atom. The molecule has 4 aromatic carbocycles. The minimum absolute atomic E-state index is 0.0161. The number of benzene rings is 4. The molecule has 0 aromatic heterocycles. The number of amides is 2. The SMILES string of the molecule is [C-]#[N+]c1cccc(C(=O)NCc2ccc(OCOc3ccc(CNC(=O)c4ccc(C#N)cc4)cc3)cc2)c1. The van der Waals surface area contributed by atoms with E-state index in [0.29, 0.717) is 47.0 Å². The van der Waals surface area contributed by atoms with Crippen molar-refractivity contribution in [2.24, 2.45) is 0 Å². The van der Waals surface area contributed by atoms with Crippen LogP contribution in [0.15, 0.2) is 97.1 Å². The minimum Gasteiger partial charge on any atom is -0.458 e. The molecule has 4 rings (SSSR count). The Morgan fingerprint density at radius 2 is 1.28 bits per heavy atom. The third-order valence-electron chi connectivity index (χ3n) is 5.72. The van der Waals surface area contributed by atoms with Crippen molar-refractivity contribution in [2.75, 3.05) is 6.79 Å². The summed E-state index contributed by atoms with van der Waals surface area (Å²) in [7, 11) is 0. The van der Waals surface area contributed by atoms with Gasteiger partial charge in [-0.1, -0.05) is 42.5 Å². The lowest BCUT2D eigenvalue weighted by Gasteiger charge is -2.11. The standard InChI is InChI=1S/C31H24N4O4/c1-33-27-4-2-3-26(17-27)31(37)35-20-24-9-15-29(16-10-24)39-21-38-28-13-7-23(8-14-28)19-34-30(36)25-11-5-22(18-32)6-12-25/h2-17H,19-21H2,(H,34,36)(H,35,37). The molecule has 192 valence electrons. The van der Waals surface area contributed by atoms with Crippen LogP contribution in [0.25, 0.3) is 4.85 Å².